The van der Waals surface area contributed by atoms with Gasteiger partial charge in [-0.15, -0.1) is 0 Å². The lowest BCUT2D eigenvalue weighted by atomic mass is 9.80. The van der Waals surface area contributed by atoms with Crippen molar-refractivity contribution in [2.45, 2.75) is 31.7 Å². The van der Waals surface area contributed by atoms with E-state index in [0.717, 1.165) is 33.4 Å². The highest BCUT2D eigenvalue weighted by Gasteiger charge is 2.10. The zero-order valence-corrected chi connectivity index (χ0v) is 12.6. The molecule has 0 bridgehead atoms. The predicted molar refractivity (Wildman–Crippen MR) is 82.1 cm³/mol. The number of benzene rings is 1. The van der Waals surface area contributed by atoms with Crippen LogP contribution < -0.4 is 5.46 Å². The highest BCUT2D eigenvalue weighted by molar-refractivity contribution is 7.98. The summed E-state index contributed by atoms with van der Waals surface area (Å²) in [5, 5.41) is 18.9. The molecule has 0 saturated heterocycles. The molecule has 0 aliphatic carbocycles. The number of nitrogens with zero attached hydrogens (tertiary/aromatic N) is 2. The predicted octanol–water partition coefficient (Wildman–Crippen LogP) is 1.37. The van der Waals surface area contributed by atoms with E-state index in [1.807, 2.05) is 32.9 Å². The Morgan fingerprint density at radius 1 is 1.00 bits per heavy atom. The summed E-state index contributed by atoms with van der Waals surface area (Å²) in [6, 6.07) is 7.20. The van der Waals surface area contributed by atoms with Crippen molar-refractivity contribution in [1.29, 1.82) is 0 Å². The number of aryl methyl sites for hydroxylation is 2. The monoisotopic (exact) mass is 288 g/mol. The highest BCUT2D eigenvalue weighted by Crippen LogP contribution is 2.21. The molecule has 20 heavy (non-hydrogen) atoms. The third kappa shape index (κ3) is 3.59. The molecule has 0 radical (unpaired) electrons. The normalized spacial score (nSPS) is 10.7. The number of hydrogen-bond donors (Lipinski definition) is 2. The van der Waals surface area contributed by atoms with Gasteiger partial charge in [-0.05, 0) is 37.4 Å². The standard InChI is InChI=1S/C14H17BN2O2S/c1-9-10(2)16-14(17-11(9)3)20-8-12-4-6-13(7-5-12)15(18)19/h4-7,18-19H,8H2,1-3H3. The third-order valence-corrected chi connectivity index (χ3v) is 4.18. The molecule has 1 aromatic carbocycles. The molecule has 0 spiro atoms. The number of hydrogen-bond acceptors (Lipinski definition) is 5. The van der Waals surface area contributed by atoms with Crippen LogP contribution in [-0.2, 0) is 5.75 Å². The van der Waals surface area contributed by atoms with E-state index < -0.39 is 7.12 Å². The number of rotatable bonds is 4. The van der Waals surface area contributed by atoms with Crippen molar-refractivity contribution in [2.24, 2.45) is 0 Å². The van der Waals surface area contributed by atoms with Crippen LogP contribution in [0.3, 0.4) is 0 Å². The first-order chi connectivity index (χ1) is 9.47. The molecule has 2 rings (SSSR count). The fourth-order valence-corrected chi connectivity index (χ4v) is 2.63. The molecule has 0 atom stereocenters. The lowest BCUT2D eigenvalue weighted by molar-refractivity contribution is 0.426. The van der Waals surface area contributed by atoms with Crippen LogP contribution in [0.25, 0.3) is 0 Å². The van der Waals surface area contributed by atoms with E-state index in [1.54, 1.807) is 23.9 Å². The van der Waals surface area contributed by atoms with Gasteiger partial charge in [0, 0.05) is 17.1 Å². The Labute approximate surface area is 123 Å². The van der Waals surface area contributed by atoms with Crippen LogP contribution in [0.2, 0.25) is 0 Å². The molecule has 2 N–H and O–H groups in total. The summed E-state index contributed by atoms with van der Waals surface area (Å²) in [6.07, 6.45) is 0. The van der Waals surface area contributed by atoms with Crippen molar-refractivity contribution in [3.05, 3.63) is 46.8 Å². The quantitative estimate of drug-likeness (QED) is 0.505. The first kappa shape index (κ1) is 15.0. The third-order valence-electron chi connectivity index (χ3n) is 3.26. The lowest BCUT2D eigenvalue weighted by Gasteiger charge is -2.07. The van der Waals surface area contributed by atoms with Crippen LogP contribution in [0.15, 0.2) is 29.4 Å². The molecule has 1 aromatic heterocycles. The molecule has 104 valence electrons. The van der Waals surface area contributed by atoms with E-state index in [-0.39, 0.29) is 0 Å². The molecular weight excluding hydrogens is 271 g/mol. The van der Waals surface area contributed by atoms with Gasteiger partial charge in [-0.25, -0.2) is 9.97 Å². The second-order valence-corrected chi connectivity index (χ2v) is 5.65. The molecule has 4 nitrogen and oxygen atoms in total. The van der Waals surface area contributed by atoms with Crippen LogP contribution in [0, 0.1) is 20.8 Å². The topological polar surface area (TPSA) is 66.2 Å². The fourth-order valence-electron chi connectivity index (χ4n) is 1.74. The van der Waals surface area contributed by atoms with Gasteiger partial charge >= 0.3 is 7.12 Å². The van der Waals surface area contributed by atoms with Gasteiger partial charge in [0.05, 0.1) is 0 Å². The molecule has 0 aliphatic rings. The molecule has 0 amide bonds. The molecule has 1 heterocycles. The van der Waals surface area contributed by atoms with Gasteiger partial charge in [0.1, 0.15) is 0 Å². The Kier molecular flexibility index (Phi) is 4.80. The SMILES string of the molecule is Cc1nc(SCc2ccc(B(O)O)cc2)nc(C)c1C. The highest BCUT2D eigenvalue weighted by atomic mass is 32.2. The van der Waals surface area contributed by atoms with E-state index in [0.29, 0.717) is 5.46 Å². The molecule has 0 aliphatic heterocycles. The zero-order chi connectivity index (χ0) is 14.7. The van der Waals surface area contributed by atoms with Crippen LogP contribution in [-0.4, -0.2) is 27.1 Å². The first-order valence-corrected chi connectivity index (χ1v) is 7.35. The molecule has 0 unspecified atom stereocenters. The number of thioether (sulfide) groups is 1. The van der Waals surface area contributed by atoms with E-state index >= 15 is 0 Å². The Balaban J connectivity index is 2.05. The van der Waals surface area contributed by atoms with E-state index in [1.165, 1.54) is 0 Å². The largest absolute Gasteiger partial charge is 0.488 e. The van der Waals surface area contributed by atoms with Crippen LogP contribution >= 0.6 is 11.8 Å². The Morgan fingerprint density at radius 3 is 2.05 bits per heavy atom. The second kappa shape index (κ2) is 6.39. The van der Waals surface area contributed by atoms with Crippen LogP contribution in [0.4, 0.5) is 0 Å². The maximum atomic E-state index is 9.04. The Morgan fingerprint density at radius 2 is 1.55 bits per heavy atom. The minimum Gasteiger partial charge on any atom is -0.423 e. The zero-order valence-electron chi connectivity index (χ0n) is 11.8. The smallest absolute Gasteiger partial charge is 0.423 e. The average molecular weight is 288 g/mol. The molecule has 6 heteroatoms. The summed E-state index contributed by atoms with van der Waals surface area (Å²) in [5.74, 6) is 0.754. The Bertz CT molecular complexity index is 580. The molecular formula is C14H17BN2O2S. The lowest BCUT2D eigenvalue weighted by Crippen LogP contribution is -2.29. The van der Waals surface area contributed by atoms with E-state index in [4.69, 9.17) is 10.0 Å². The minimum atomic E-state index is -1.41. The molecule has 2 aromatic rings. The van der Waals surface area contributed by atoms with Crippen LogP contribution in [0.5, 0.6) is 0 Å². The second-order valence-electron chi connectivity index (χ2n) is 4.71. The van der Waals surface area contributed by atoms with Crippen molar-refractivity contribution < 1.29 is 10.0 Å². The number of aromatic nitrogens is 2. The molecule has 0 fully saturated rings. The summed E-state index contributed by atoms with van der Waals surface area (Å²) in [5.41, 5.74) is 4.75. The fraction of sp³-hybridized carbons (Fsp3) is 0.286. The van der Waals surface area contributed by atoms with Crippen molar-refractivity contribution in [1.82, 2.24) is 9.97 Å². The summed E-state index contributed by atoms with van der Waals surface area (Å²) < 4.78 is 0. The molecule has 0 saturated carbocycles. The van der Waals surface area contributed by atoms with Crippen LogP contribution in [0.1, 0.15) is 22.5 Å². The van der Waals surface area contributed by atoms with Gasteiger partial charge in [-0.1, -0.05) is 36.0 Å². The minimum absolute atomic E-state index is 0.497. The van der Waals surface area contributed by atoms with Crippen molar-refractivity contribution >= 4 is 24.3 Å². The summed E-state index contributed by atoms with van der Waals surface area (Å²) in [6.45, 7) is 6.01. The van der Waals surface area contributed by atoms with Gasteiger partial charge < -0.3 is 10.0 Å². The summed E-state index contributed by atoms with van der Waals surface area (Å²) in [7, 11) is -1.41. The van der Waals surface area contributed by atoms with E-state index in [9.17, 15) is 0 Å². The maximum absolute atomic E-state index is 9.04. The van der Waals surface area contributed by atoms with Crippen molar-refractivity contribution in [3.63, 3.8) is 0 Å². The van der Waals surface area contributed by atoms with Crippen molar-refractivity contribution in [2.75, 3.05) is 0 Å². The van der Waals surface area contributed by atoms with Gasteiger partial charge in [-0.3, -0.25) is 0 Å². The Hall–Kier alpha value is -1.37. The maximum Gasteiger partial charge on any atom is 0.488 e. The average Bonchev–Trinajstić information content (AvgIpc) is 2.42. The summed E-state index contributed by atoms with van der Waals surface area (Å²) in [4.78, 5) is 8.93. The van der Waals surface area contributed by atoms with Gasteiger partial charge in [0.15, 0.2) is 5.16 Å². The van der Waals surface area contributed by atoms with Gasteiger partial charge in [0.2, 0.25) is 0 Å². The van der Waals surface area contributed by atoms with E-state index in [2.05, 4.69) is 9.97 Å². The van der Waals surface area contributed by atoms with Gasteiger partial charge in [-0.2, -0.15) is 0 Å². The first-order valence-electron chi connectivity index (χ1n) is 6.37. The summed E-state index contributed by atoms with van der Waals surface area (Å²) >= 11 is 1.58. The van der Waals surface area contributed by atoms with Crippen molar-refractivity contribution in [3.8, 4) is 0 Å². The van der Waals surface area contributed by atoms with Gasteiger partial charge in [0.25, 0.3) is 0 Å².